The lowest BCUT2D eigenvalue weighted by Gasteiger charge is -2.26. The van der Waals surface area contributed by atoms with Crippen molar-refractivity contribution in [3.05, 3.63) is 24.3 Å². The molecule has 0 unspecified atom stereocenters. The lowest BCUT2D eigenvalue weighted by Crippen LogP contribution is -2.41. The molecule has 1 aromatic rings. The quantitative estimate of drug-likeness (QED) is 0.899. The molecule has 8 heteroatoms. The first kappa shape index (κ1) is 17.1. The van der Waals surface area contributed by atoms with Gasteiger partial charge in [-0.15, -0.1) is 13.2 Å². The summed E-state index contributed by atoms with van der Waals surface area (Å²) in [4.78, 5) is 13.0. The fourth-order valence-corrected chi connectivity index (χ4v) is 1.65. The standard InChI is InChI=1S/C13H17F3N2O3/c1-12(2,20)8-18(3)11(19)17-9-6-4-5-7-10(9)21-13(14,15)16/h4-7,20H,8H2,1-3H3,(H,17,19). The zero-order valence-corrected chi connectivity index (χ0v) is 11.9. The van der Waals surface area contributed by atoms with Crippen molar-refractivity contribution >= 4 is 11.7 Å². The van der Waals surface area contributed by atoms with E-state index in [9.17, 15) is 23.1 Å². The van der Waals surface area contributed by atoms with Gasteiger partial charge in [-0.25, -0.2) is 4.79 Å². The van der Waals surface area contributed by atoms with E-state index in [0.29, 0.717) is 0 Å². The fourth-order valence-electron chi connectivity index (χ4n) is 1.65. The number of urea groups is 1. The smallest absolute Gasteiger partial charge is 0.404 e. The third-order valence-electron chi connectivity index (χ3n) is 2.33. The van der Waals surface area contributed by atoms with Gasteiger partial charge in [0, 0.05) is 7.05 Å². The molecule has 0 saturated heterocycles. The number of hydrogen-bond donors (Lipinski definition) is 2. The zero-order chi connectivity index (χ0) is 16.3. The van der Waals surface area contributed by atoms with Crippen molar-refractivity contribution in [3.63, 3.8) is 0 Å². The van der Waals surface area contributed by atoms with E-state index in [2.05, 4.69) is 10.1 Å². The van der Waals surface area contributed by atoms with Crippen LogP contribution >= 0.6 is 0 Å². The van der Waals surface area contributed by atoms with Gasteiger partial charge in [0.1, 0.15) is 0 Å². The van der Waals surface area contributed by atoms with E-state index >= 15 is 0 Å². The van der Waals surface area contributed by atoms with Gasteiger partial charge in [0.05, 0.1) is 17.8 Å². The van der Waals surface area contributed by atoms with Crippen LogP contribution in [-0.4, -0.2) is 41.6 Å². The molecule has 118 valence electrons. The second-order valence-electron chi connectivity index (χ2n) is 5.14. The lowest BCUT2D eigenvalue weighted by molar-refractivity contribution is -0.274. The summed E-state index contributed by atoms with van der Waals surface area (Å²) in [5.74, 6) is -0.505. The van der Waals surface area contributed by atoms with Crippen molar-refractivity contribution in [2.24, 2.45) is 0 Å². The number of nitrogens with zero attached hydrogens (tertiary/aromatic N) is 1. The van der Waals surface area contributed by atoms with Crippen LogP contribution in [-0.2, 0) is 0 Å². The van der Waals surface area contributed by atoms with Gasteiger partial charge in [-0.1, -0.05) is 12.1 Å². The molecule has 0 heterocycles. The van der Waals surface area contributed by atoms with E-state index in [1.165, 1.54) is 39.1 Å². The molecule has 0 aliphatic heterocycles. The first-order valence-corrected chi connectivity index (χ1v) is 6.07. The predicted molar refractivity (Wildman–Crippen MR) is 71.1 cm³/mol. The molecule has 1 aromatic carbocycles. The summed E-state index contributed by atoms with van der Waals surface area (Å²) in [6.07, 6.45) is -4.85. The first-order valence-electron chi connectivity index (χ1n) is 6.07. The number of carbonyl (C=O) groups is 1. The molecule has 21 heavy (non-hydrogen) atoms. The zero-order valence-electron chi connectivity index (χ0n) is 11.9. The van der Waals surface area contributed by atoms with Gasteiger partial charge in [0.25, 0.3) is 0 Å². The Hall–Kier alpha value is -1.96. The topological polar surface area (TPSA) is 61.8 Å². The highest BCUT2D eigenvalue weighted by Crippen LogP contribution is 2.30. The molecule has 5 nitrogen and oxygen atoms in total. The number of ether oxygens (including phenoxy) is 1. The van der Waals surface area contributed by atoms with E-state index in [4.69, 9.17) is 0 Å². The van der Waals surface area contributed by atoms with Crippen LogP contribution in [0.2, 0.25) is 0 Å². The Labute approximate surface area is 120 Å². The molecule has 1 rings (SSSR count). The molecule has 0 atom stereocenters. The van der Waals surface area contributed by atoms with Crippen LogP contribution in [0.5, 0.6) is 5.75 Å². The fraction of sp³-hybridized carbons (Fsp3) is 0.462. The van der Waals surface area contributed by atoms with Gasteiger partial charge in [-0.3, -0.25) is 0 Å². The number of likely N-dealkylation sites (N-methyl/N-ethyl adjacent to an activating group) is 1. The number of benzene rings is 1. The molecule has 2 amide bonds. The highest BCUT2D eigenvalue weighted by molar-refractivity contribution is 5.90. The summed E-state index contributed by atoms with van der Waals surface area (Å²) >= 11 is 0. The van der Waals surface area contributed by atoms with Gasteiger partial charge >= 0.3 is 12.4 Å². The third kappa shape index (κ3) is 6.35. The molecule has 0 saturated carbocycles. The van der Waals surface area contributed by atoms with E-state index in [0.717, 1.165) is 11.0 Å². The van der Waals surface area contributed by atoms with Gasteiger partial charge < -0.3 is 20.1 Å². The number of amides is 2. The normalized spacial score (nSPS) is 12.0. The van der Waals surface area contributed by atoms with Crippen LogP contribution in [0.3, 0.4) is 0 Å². The minimum atomic E-state index is -4.85. The van der Waals surface area contributed by atoms with Crippen molar-refractivity contribution < 1.29 is 27.8 Å². The van der Waals surface area contributed by atoms with Gasteiger partial charge in [-0.05, 0) is 26.0 Å². The second-order valence-corrected chi connectivity index (χ2v) is 5.14. The predicted octanol–water partition coefficient (Wildman–Crippen LogP) is 2.82. The van der Waals surface area contributed by atoms with Crippen molar-refractivity contribution in [2.45, 2.75) is 25.8 Å². The van der Waals surface area contributed by atoms with Gasteiger partial charge in [-0.2, -0.15) is 0 Å². The maximum absolute atomic E-state index is 12.3. The van der Waals surface area contributed by atoms with Crippen molar-refractivity contribution in [1.82, 2.24) is 4.90 Å². The highest BCUT2D eigenvalue weighted by Gasteiger charge is 2.32. The summed E-state index contributed by atoms with van der Waals surface area (Å²) in [6.45, 7) is 3.04. The average Bonchev–Trinajstić information content (AvgIpc) is 2.27. The van der Waals surface area contributed by atoms with Crippen LogP contribution in [0.4, 0.5) is 23.7 Å². The van der Waals surface area contributed by atoms with Gasteiger partial charge in [0.15, 0.2) is 5.75 Å². The van der Waals surface area contributed by atoms with E-state index < -0.39 is 23.7 Å². The number of carbonyl (C=O) groups excluding carboxylic acids is 1. The first-order chi connectivity index (χ1) is 9.48. The Bertz CT molecular complexity index is 498. The van der Waals surface area contributed by atoms with Crippen LogP contribution in [0.15, 0.2) is 24.3 Å². The molecule has 2 N–H and O–H groups in total. The average molecular weight is 306 g/mol. The van der Waals surface area contributed by atoms with Crippen LogP contribution < -0.4 is 10.1 Å². The van der Waals surface area contributed by atoms with Crippen LogP contribution in [0.25, 0.3) is 0 Å². The molecule has 0 radical (unpaired) electrons. The van der Waals surface area contributed by atoms with E-state index in [1.54, 1.807) is 0 Å². The maximum atomic E-state index is 12.3. The highest BCUT2D eigenvalue weighted by atomic mass is 19.4. The number of anilines is 1. The lowest BCUT2D eigenvalue weighted by atomic mass is 10.1. The maximum Gasteiger partial charge on any atom is 0.573 e. The Morgan fingerprint density at radius 3 is 2.43 bits per heavy atom. The number of hydrogen-bond acceptors (Lipinski definition) is 3. The molecule has 0 fully saturated rings. The summed E-state index contributed by atoms with van der Waals surface area (Å²) in [5.41, 5.74) is -1.23. The van der Waals surface area contributed by atoms with Gasteiger partial charge in [0.2, 0.25) is 0 Å². The van der Waals surface area contributed by atoms with Crippen LogP contribution in [0.1, 0.15) is 13.8 Å². The number of para-hydroxylation sites is 2. The largest absolute Gasteiger partial charge is 0.573 e. The summed E-state index contributed by atoms with van der Waals surface area (Å²) in [7, 11) is 1.42. The molecule has 0 aliphatic rings. The summed E-state index contributed by atoms with van der Waals surface area (Å²) in [6, 6.07) is 4.55. The van der Waals surface area contributed by atoms with Crippen molar-refractivity contribution in [3.8, 4) is 5.75 Å². The Kier molecular flexibility index (Phi) is 5.06. The monoisotopic (exact) mass is 306 g/mol. The third-order valence-corrected chi connectivity index (χ3v) is 2.33. The Morgan fingerprint density at radius 1 is 1.33 bits per heavy atom. The second kappa shape index (κ2) is 6.21. The minimum absolute atomic E-state index is 0.0150. The number of nitrogens with one attached hydrogen (secondary N) is 1. The summed E-state index contributed by atoms with van der Waals surface area (Å²) < 4.78 is 40.6. The Morgan fingerprint density at radius 2 is 1.90 bits per heavy atom. The SMILES string of the molecule is CN(CC(C)(C)O)C(=O)Nc1ccccc1OC(F)(F)F. The number of alkyl halides is 3. The molecule has 0 aliphatic carbocycles. The molecular formula is C13H17F3N2O3. The number of rotatable bonds is 4. The number of aliphatic hydroxyl groups is 1. The molecule has 0 spiro atoms. The van der Waals surface area contributed by atoms with E-state index in [1.807, 2.05) is 0 Å². The van der Waals surface area contributed by atoms with Crippen molar-refractivity contribution in [2.75, 3.05) is 18.9 Å². The van der Waals surface area contributed by atoms with Crippen LogP contribution in [0, 0.1) is 0 Å². The van der Waals surface area contributed by atoms with E-state index in [-0.39, 0.29) is 12.2 Å². The molecular weight excluding hydrogens is 289 g/mol. The Balaban J connectivity index is 2.81. The molecule has 0 bridgehead atoms. The summed E-state index contributed by atoms with van der Waals surface area (Å²) in [5, 5.41) is 11.9. The van der Waals surface area contributed by atoms with Crippen molar-refractivity contribution in [1.29, 1.82) is 0 Å². The number of halogens is 3. The minimum Gasteiger partial charge on any atom is -0.404 e. The molecule has 0 aromatic heterocycles.